The summed E-state index contributed by atoms with van der Waals surface area (Å²) in [6.07, 6.45) is -0.0787. The van der Waals surface area contributed by atoms with E-state index in [-0.39, 0.29) is 29.5 Å². The molecule has 0 aromatic heterocycles. The zero-order chi connectivity index (χ0) is 15.6. The lowest BCUT2D eigenvalue weighted by Crippen LogP contribution is -2.54. The number of methoxy groups -OCH3 is 1. The molecule has 1 unspecified atom stereocenters. The first-order valence-electron chi connectivity index (χ1n) is 7.34. The predicted octanol–water partition coefficient (Wildman–Crippen LogP) is 1.56. The molecule has 4 atom stereocenters. The van der Waals surface area contributed by atoms with Crippen molar-refractivity contribution >= 4 is 8.32 Å². The van der Waals surface area contributed by atoms with Crippen molar-refractivity contribution in [1.82, 2.24) is 10.6 Å². The lowest BCUT2D eigenvalue weighted by molar-refractivity contribution is -0.0294. The standard InChI is InChI=1S/C14H32N2O3Si/c1-14(2,3)20(7,8)19-12-11(15-4)10(9-17-6)18-13(12)16-5/h10-13,15-16H,9H2,1-8H3/t10-,11-,12?,13-/m1/s1. The van der Waals surface area contributed by atoms with Crippen molar-refractivity contribution in [2.24, 2.45) is 0 Å². The highest BCUT2D eigenvalue weighted by Gasteiger charge is 2.49. The van der Waals surface area contributed by atoms with E-state index in [4.69, 9.17) is 13.9 Å². The molecule has 1 heterocycles. The molecule has 0 amide bonds. The molecule has 1 aliphatic rings. The molecule has 120 valence electrons. The van der Waals surface area contributed by atoms with Crippen LogP contribution < -0.4 is 10.6 Å². The van der Waals surface area contributed by atoms with Crippen molar-refractivity contribution in [3.8, 4) is 0 Å². The first-order chi connectivity index (χ1) is 9.17. The van der Waals surface area contributed by atoms with Crippen LogP contribution in [0.2, 0.25) is 18.1 Å². The van der Waals surface area contributed by atoms with Gasteiger partial charge in [0.15, 0.2) is 8.32 Å². The molecule has 2 N–H and O–H groups in total. The largest absolute Gasteiger partial charge is 0.408 e. The Morgan fingerprint density at radius 2 is 1.75 bits per heavy atom. The Morgan fingerprint density at radius 1 is 1.15 bits per heavy atom. The van der Waals surface area contributed by atoms with Gasteiger partial charge in [0.1, 0.15) is 18.4 Å². The fraction of sp³-hybridized carbons (Fsp3) is 1.00. The Hall–Kier alpha value is 0.0169. The molecule has 6 heteroatoms. The molecule has 0 radical (unpaired) electrons. The number of hydrogen-bond acceptors (Lipinski definition) is 5. The second-order valence-corrected chi connectivity index (χ2v) is 11.8. The van der Waals surface area contributed by atoms with Crippen molar-refractivity contribution in [2.45, 2.75) is 63.4 Å². The second kappa shape index (κ2) is 6.85. The van der Waals surface area contributed by atoms with Crippen LogP contribution in [0.25, 0.3) is 0 Å². The van der Waals surface area contributed by atoms with Gasteiger partial charge >= 0.3 is 0 Å². The molecule has 5 nitrogen and oxygen atoms in total. The third-order valence-electron chi connectivity index (χ3n) is 4.56. The van der Waals surface area contributed by atoms with E-state index < -0.39 is 8.32 Å². The van der Waals surface area contributed by atoms with Crippen LogP contribution >= 0.6 is 0 Å². The van der Waals surface area contributed by atoms with Crippen molar-refractivity contribution in [3.05, 3.63) is 0 Å². The minimum atomic E-state index is -1.84. The first kappa shape index (κ1) is 18.1. The maximum Gasteiger partial charge on any atom is 0.192 e. The topological polar surface area (TPSA) is 51.8 Å². The van der Waals surface area contributed by atoms with E-state index in [1.807, 2.05) is 14.1 Å². The zero-order valence-corrected chi connectivity index (χ0v) is 15.2. The molecular formula is C14H32N2O3Si. The molecule has 0 bridgehead atoms. The monoisotopic (exact) mass is 304 g/mol. The molecule has 0 saturated carbocycles. The van der Waals surface area contributed by atoms with Crippen LogP contribution in [0.15, 0.2) is 0 Å². The lowest BCUT2D eigenvalue weighted by atomic mass is 10.1. The summed E-state index contributed by atoms with van der Waals surface area (Å²) in [7, 11) is 3.73. The highest BCUT2D eigenvalue weighted by Crippen LogP contribution is 2.39. The summed E-state index contributed by atoms with van der Waals surface area (Å²) in [5.41, 5.74) is 0. The summed E-state index contributed by atoms with van der Waals surface area (Å²) in [6.45, 7) is 11.9. The lowest BCUT2D eigenvalue weighted by Gasteiger charge is -2.40. The fourth-order valence-electron chi connectivity index (χ4n) is 2.29. The van der Waals surface area contributed by atoms with E-state index in [1.54, 1.807) is 7.11 Å². The smallest absolute Gasteiger partial charge is 0.192 e. The van der Waals surface area contributed by atoms with Crippen LogP contribution in [0.3, 0.4) is 0 Å². The average Bonchev–Trinajstić information content (AvgIpc) is 2.65. The number of hydrogen-bond donors (Lipinski definition) is 2. The van der Waals surface area contributed by atoms with Crippen molar-refractivity contribution < 1.29 is 13.9 Å². The van der Waals surface area contributed by atoms with Crippen LogP contribution in [-0.2, 0) is 13.9 Å². The minimum Gasteiger partial charge on any atom is -0.408 e. The molecule has 1 aliphatic heterocycles. The van der Waals surface area contributed by atoms with Gasteiger partial charge in [-0.1, -0.05) is 20.8 Å². The van der Waals surface area contributed by atoms with E-state index in [0.29, 0.717) is 6.61 Å². The Kier molecular flexibility index (Phi) is 6.19. The van der Waals surface area contributed by atoms with Crippen molar-refractivity contribution in [2.75, 3.05) is 27.8 Å². The fourth-order valence-corrected chi connectivity index (χ4v) is 3.60. The Morgan fingerprint density at radius 3 is 2.15 bits per heavy atom. The molecule has 1 rings (SSSR count). The summed E-state index contributed by atoms with van der Waals surface area (Å²) in [4.78, 5) is 0. The normalized spacial score (nSPS) is 31.8. The van der Waals surface area contributed by atoms with Crippen molar-refractivity contribution in [1.29, 1.82) is 0 Å². The van der Waals surface area contributed by atoms with Gasteiger partial charge in [-0.2, -0.15) is 0 Å². The summed E-state index contributed by atoms with van der Waals surface area (Å²) >= 11 is 0. The number of likely N-dealkylation sites (N-methyl/N-ethyl adjacent to an activating group) is 2. The highest BCUT2D eigenvalue weighted by molar-refractivity contribution is 6.74. The van der Waals surface area contributed by atoms with Gasteiger partial charge in [-0.3, -0.25) is 5.32 Å². The summed E-state index contributed by atoms with van der Waals surface area (Å²) in [5.74, 6) is 0. The van der Waals surface area contributed by atoms with Gasteiger partial charge in [0.25, 0.3) is 0 Å². The Bertz CT molecular complexity index is 307. The average molecular weight is 305 g/mol. The van der Waals surface area contributed by atoms with Gasteiger partial charge in [-0.25, -0.2) is 0 Å². The molecule has 0 aromatic rings. The molecule has 0 aromatic carbocycles. The number of rotatable bonds is 6. The van der Waals surface area contributed by atoms with E-state index in [9.17, 15) is 0 Å². The van der Waals surface area contributed by atoms with Crippen LogP contribution in [0.4, 0.5) is 0 Å². The Labute approximate surface area is 124 Å². The van der Waals surface area contributed by atoms with Gasteiger partial charge in [-0.05, 0) is 32.2 Å². The first-order valence-corrected chi connectivity index (χ1v) is 10.3. The van der Waals surface area contributed by atoms with Crippen LogP contribution in [0, 0.1) is 0 Å². The maximum absolute atomic E-state index is 6.58. The summed E-state index contributed by atoms with van der Waals surface area (Å²) < 4.78 is 17.9. The van der Waals surface area contributed by atoms with E-state index in [2.05, 4.69) is 44.5 Å². The Balaban J connectivity index is 2.89. The second-order valence-electron chi connectivity index (χ2n) is 7.00. The quantitative estimate of drug-likeness (QED) is 0.729. The minimum absolute atomic E-state index is 0.00559. The molecule has 0 spiro atoms. The van der Waals surface area contributed by atoms with E-state index >= 15 is 0 Å². The van der Waals surface area contributed by atoms with Crippen LogP contribution in [-0.4, -0.2) is 60.6 Å². The van der Waals surface area contributed by atoms with E-state index in [0.717, 1.165) is 0 Å². The zero-order valence-electron chi connectivity index (χ0n) is 14.2. The molecule has 20 heavy (non-hydrogen) atoms. The maximum atomic E-state index is 6.58. The summed E-state index contributed by atoms with van der Waals surface area (Å²) in [6, 6.07) is 0.140. The molecule has 1 saturated heterocycles. The van der Waals surface area contributed by atoms with Crippen LogP contribution in [0.5, 0.6) is 0 Å². The summed E-state index contributed by atoms with van der Waals surface area (Å²) in [5, 5.41) is 6.74. The van der Waals surface area contributed by atoms with Crippen molar-refractivity contribution in [3.63, 3.8) is 0 Å². The van der Waals surface area contributed by atoms with Gasteiger partial charge < -0.3 is 19.2 Å². The van der Waals surface area contributed by atoms with Crippen LogP contribution in [0.1, 0.15) is 20.8 Å². The highest BCUT2D eigenvalue weighted by atomic mass is 28.4. The predicted molar refractivity (Wildman–Crippen MR) is 84.5 cm³/mol. The SMILES string of the molecule is CN[C@@H]1O[C@H](COC)[C@@H](NC)C1O[Si](C)(C)C(C)(C)C. The molecule has 0 aliphatic carbocycles. The van der Waals surface area contributed by atoms with Gasteiger partial charge in [-0.15, -0.1) is 0 Å². The van der Waals surface area contributed by atoms with Gasteiger partial charge in [0.2, 0.25) is 0 Å². The third kappa shape index (κ3) is 3.81. The van der Waals surface area contributed by atoms with E-state index in [1.165, 1.54) is 0 Å². The third-order valence-corrected chi connectivity index (χ3v) is 9.03. The number of ether oxygens (including phenoxy) is 2. The number of nitrogens with one attached hydrogen (secondary N) is 2. The van der Waals surface area contributed by atoms with Gasteiger partial charge in [0, 0.05) is 7.11 Å². The van der Waals surface area contributed by atoms with Gasteiger partial charge in [0.05, 0.1) is 12.6 Å². The molecular weight excluding hydrogens is 272 g/mol. The molecule has 1 fully saturated rings.